The minimum Gasteiger partial charge on any atom is -0.383 e. The van der Waals surface area contributed by atoms with E-state index in [1.54, 1.807) is 25.3 Å². The average Bonchev–Trinajstić information content (AvgIpc) is 3.53. The molecule has 2 aromatic rings. The number of aromatic nitrogens is 1. The minimum absolute atomic E-state index is 0.248. The third-order valence-corrected chi connectivity index (χ3v) is 6.96. The van der Waals surface area contributed by atoms with Crippen LogP contribution >= 0.6 is 0 Å². The van der Waals surface area contributed by atoms with Crippen molar-refractivity contribution in [2.24, 2.45) is 5.41 Å². The monoisotopic (exact) mass is 458 g/mol. The van der Waals surface area contributed by atoms with E-state index in [-0.39, 0.29) is 11.2 Å². The van der Waals surface area contributed by atoms with E-state index in [1.807, 2.05) is 0 Å². The molecule has 1 aromatic carbocycles. The van der Waals surface area contributed by atoms with Crippen molar-refractivity contribution in [2.45, 2.75) is 70.5 Å². The molecule has 180 valence electrons. The second-order valence-electron chi connectivity index (χ2n) is 10.1. The van der Waals surface area contributed by atoms with Crippen molar-refractivity contribution in [2.75, 3.05) is 30.9 Å². The number of hydrogen-bond acceptors (Lipinski definition) is 5. The molecular weight excluding hydrogens is 422 g/mol. The largest absolute Gasteiger partial charge is 0.383 e. The summed E-state index contributed by atoms with van der Waals surface area (Å²) >= 11 is 0. The first kappa shape index (κ1) is 23.9. The molecule has 0 saturated heterocycles. The van der Waals surface area contributed by atoms with Crippen molar-refractivity contribution in [3.8, 4) is 11.1 Å². The number of rotatable bonds is 10. The first-order valence-corrected chi connectivity index (χ1v) is 12.1. The van der Waals surface area contributed by atoms with Crippen LogP contribution < -0.4 is 16.0 Å². The zero-order valence-electron chi connectivity index (χ0n) is 19.9. The molecule has 5 nitrogen and oxygen atoms in total. The van der Waals surface area contributed by atoms with Crippen LogP contribution in [0.1, 0.15) is 52.4 Å². The van der Waals surface area contributed by atoms with Gasteiger partial charge in [-0.15, -0.1) is 0 Å². The maximum Gasteiger partial charge on any atom is 0.149 e. The number of pyridine rings is 1. The van der Waals surface area contributed by atoms with Gasteiger partial charge in [-0.2, -0.15) is 0 Å². The van der Waals surface area contributed by atoms with Gasteiger partial charge < -0.3 is 20.7 Å². The van der Waals surface area contributed by atoms with Crippen LogP contribution in [-0.4, -0.2) is 43.4 Å². The van der Waals surface area contributed by atoms with Crippen LogP contribution in [0, 0.1) is 17.0 Å². The lowest BCUT2D eigenvalue weighted by atomic mass is 9.90. The molecule has 2 fully saturated rings. The minimum atomic E-state index is -0.410. The molecule has 0 unspecified atom stereocenters. The van der Waals surface area contributed by atoms with Gasteiger partial charge in [0.05, 0.1) is 18.5 Å². The Balaban J connectivity index is 1.39. The Labute approximate surface area is 195 Å². The Morgan fingerprint density at radius 2 is 1.82 bits per heavy atom. The first-order valence-electron chi connectivity index (χ1n) is 12.1. The standard InChI is InChI=1S/C26H36F2N4O/c1-17(15-33-3)31-19-5-7-20(8-6-19)32-25-13-21(23(28)14-29-25)18-4-9-22(27)24(12-18)30-16-26(2)10-11-26/h4,9,12-14,17,19-20,30-31H,5-8,10-11,15-16H2,1-3H3,(H,29,32)/t17-,19-,20-/m1/s1. The maximum atomic E-state index is 14.7. The van der Waals surface area contributed by atoms with Crippen LogP contribution in [0.5, 0.6) is 0 Å². The second kappa shape index (κ2) is 10.3. The number of methoxy groups -OCH3 is 1. The van der Waals surface area contributed by atoms with Crippen LogP contribution in [0.25, 0.3) is 11.1 Å². The summed E-state index contributed by atoms with van der Waals surface area (Å²) in [7, 11) is 1.72. The molecule has 2 saturated carbocycles. The predicted octanol–water partition coefficient (Wildman–Crippen LogP) is 5.59. The molecule has 2 aliphatic rings. The van der Waals surface area contributed by atoms with Gasteiger partial charge in [-0.1, -0.05) is 13.0 Å². The zero-order valence-corrected chi connectivity index (χ0v) is 19.9. The summed E-state index contributed by atoms with van der Waals surface area (Å²) in [6, 6.07) is 7.59. The van der Waals surface area contributed by atoms with Crippen LogP contribution in [0.15, 0.2) is 30.5 Å². The van der Waals surface area contributed by atoms with E-state index >= 15 is 0 Å². The summed E-state index contributed by atoms with van der Waals surface area (Å²) in [4.78, 5) is 4.26. The molecule has 33 heavy (non-hydrogen) atoms. The van der Waals surface area contributed by atoms with Crippen molar-refractivity contribution in [1.82, 2.24) is 10.3 Å². The van der Waals surface area contributed by atoms with Crippen molar-refractivity contribution in [3.05, 3.63) is 42.1 Å². The van der Waals surface area contributed by atoms with Crippen molar-refractivity contribution < 1.29 is 13.5 Å². The van der Waals surface area contributed by atoms with Crippen molar-refractivity contribution in [1.29, 1.82) is 0 Å². The van der Waals surface area contributed by atoms with Crippen molar-refractivity contribution >= 4 is 11.5 Å². The lowest BCUT2D eigenvalue weighted by Gasteiger charge is -2.31. The summed E-state index contributed by atoms with van der Waals surface area (Å²) < 4.78 is 34.2. The normalized spacial score (nSPS) is 22.6. The van der Waals surface area contributed by atoms with E-state index < -0.39 is 5.82 Å². The molecule has 3 N–H and O–H groups in total. The highest BCUT2D eigenvalue weighted by atomic mass is 19.1. The summed E-state index contributed by atoms with van der Waals surface area (Å²) in [5, 5.41) is 10.3. The van der Waals surface area contributed by atoms with Gasteiger partial charge in [0.1, 0.15) is 17.5 Å². The fraction of sp³-hybridized carbons (Fsp3) is 0.577. The fourth-order valence-electron chi connectivity index (χ4n) is 4.58. The fourth-order valence-corrected chi connectivity index (χ4v) is 4.58. The summed E-state index contributed by atoms with van der Waals surface area (Å²) in [6.45, 7) is 5.76. The summed E-state index contributed by atoms with van der Waals surface area (Å²) in [5.41, 5.74) is 1.73. The van der Waals surface area contributed by atoms with Gasteiger partial charge in [0.2, 0.25) is 0 Å². The number of benzene rings is 1. The van der Waals surface area contributed by atoms with E-state index in [0.717, 1.165) is 45.1 Å². The van der Waals surface area contributed by atoms with E-state index in [4.69, 9.17) is 4.74 Å². The van der Waals surface area contributed by atoms with Crippen LogP contribution in [0.4, 0.5) is 20.3 Å². The van der Waals surface area contributed by atoms with E-state index in [0.29, 0.717) is 47.4 Å². The topological polar surface area (TPSA) is 58.2 Å². The molecule has 0 aliphatic heterocycles. The molecule has 1 atom stereocenters. The molecular formula is C26H36F2N4O. The van der Waals surface area contributed by atoms with Crippen LogP contribution in [0.3, 0.4) is 0 Å². The van der Waals surface area contributed by atoms with E-state index in [1.165, 1.54) is 12.3 Å². The maximum absolute atomic E-state index is 14.7. The number of ether oxygens (including phenoxy) is 1. The highest BCUT2D eigenvalue weighted by Crippen LogP contribution is 2.45. The Morgan fingerprint density at radius 1 is 1.09 bits per heavy atom. The Kier molecular flexibility index (Phi) is 7.49. The third-order valence-electron chi connectivity index (χ3n) is 6.96. The van der Waals surface area contributed by atoms with E-state index in [2.05, 4.69) is 34.8 Å². The van der Waals surface area contributed by atoms with Gasteiger partial charge in [0.15, 0.2) is 0 Å². The Hall–Kier alpha value is -2.25. The molecule has 0 amide bonds. The van der Waals surface area contributed by atoms with Gasteiger partial charge in [0, 0.05) is 37.3 Å². The molecule has 0 spiro atoms. The number of nitrogens with one attached hydrogen (secondary N) is 3. The number of hydrogen-bond donors (Lipinski definition) is 3. The van der Waals surface area contributed by atoms with Gasteiger partial charge in [-0.05, 0) is 74.6 Å². The average molecular weight is 459 g/mol. The molecule has 4 rings (SSSR count). The smallest absolute Gasteiger partial charge is 0.149 e. The van der Waals surface area contributed by atoms with E-state index in [9.17, 15) is 8.78 Å². The highest BCUT2D eigenvalue weighted by Gasteiger charge is 2.36. The van der Waals surface area contributed by atoms with Gasteiger partial charge >= 0.3 is 0 Å². The Bertz CT molecular complexity index is 942. The van der Waals surface area contributed by atoms with Gasteiger partial charge in [-0.3, -0.25) is 0 Å². The first-order chi connectivity index (χ1) is 15.8. The number of anilines is 2. The lowest BCUT2D eigenvalue weighted by molar-refractivity contribution is 0.161. The van der Waals surface area contributed by atoms with Crippen molar-refractivity contribution in [3.63, 3.8) is 0 Å². The molecule has 1 heterocycles. The lowest BCUT2D eigenvalue weighted by Crippen LogP contribution is -2.42. The molecule has 0 bridgehead atoms. The van der Waals surface area contributed by atoms with Gasteiger partial charge in [0.25, 0.3) is 0 Å². The van der Waals surface area contributed by atoms with Gasteiger partial charge in [-0.25, -0.2) is 13.8 Å². The second-order valence-corrected chi connectivity index (χ2v) is 10.1. The third kappa shape index (κ3) is 6.42. The SMILES string of the molecule is COC[C@@H](C)N[C@H]1CC[C@H](Nc2cc(-c3ccc(F)c(NCC4(C)CC4)c3)c(F)cn2)CC1. The molecule has 0 radical (unpaired) electrons. The number of halogens is 2. The molecule has 7 heteroatoms. The highest BCUT2D eigenvalue weighted by molar-refractivity contribution is 5.71. The summed E-state index contributed by atoms with van der Waals surface area (Å²) in [6.07, 6.45) is 7.75. The summed E-state index contributed by atoms with van der Waals surface area (Å²) in [5.74, 6) is -0.0758. The molecule has 1 aromatic heterocycles. The van der Waals surface area contributed by atoms with Crippen LogP contribution in [0.2, 0.25) is 0 Å². The molecule has 2 aliphatic carbocycles. The zero-order chi connectivity index (χ0) is 23.4. The quantitative estimate of drug-likeness (QED) is 0.434. The predicted molar refractivity (Wildman–Crippen MR) is 130 cm³/mol. The Morgan fingerprint density at radius 3 is 2.52 bits per heavy atom. The number of nitrogens with zero attached hydrogens (tertiary/aromatic N) is 1. The van der Waals surface area contributed by atoms with Crippen LogP contribution in [-0.2, 0) is 4.74 Å².